The van der Waals surface area contributed by atoms with Gasteiger partial charge in [-0.15, -0.1) is 0 Å². The van der Waals surface area contributed by atoms with E-state index in [0.29, 0.717) is 24.3 Å². The van der Waals surface area contributed by atoms with Gasteiger partial charge >= 0.3 is 0 Å². The molecule has 4 heterocycles. The zero-order chi connectivity index (χ0) is 14.1. The van der Waals surface area contributed by atoms with E-state index in [1.165, 1.54) is 36.0 Å². The summed E-state index contributed by atoms with van der Waals surface area (Å²) in [5, 5.41) is 1.28. The molecule has 0 radical (unpaired) electrons. The summed E-state index contributed by atoms with van der Waals surface area (Å²) in [6, 6.07) is 6.87. The lowest BCUT2D eigenvalue weighted by atomic mass is 9.79. The highest BCUT2D eigenvalue weighted by Gasteiger charge is 2.44. The lowest BCUT2D eigenvalue weighted by Crippen LogP contribution is -2.47. The average Bonchev–Trinajstić information content (AvgIpc) is 2.81. The highest BCUT2D eigenvalue weighted by atomic mass is 79.9. The van der Waals surface area contributed by atoms with Crippen molar-refractivity contribution in [1.82, 2.24) is 9.47 Å². The standard InChI is InChI=1S/C17H17BrN2O/c18-11-3-4-12-13-5-7-19-6-1-2-10-8-15(21)20(14(12)9-11)17(13)16(10)19/h3-4,9-10,16H,1-2,5-8H2/t10-,16+/m0/s1. The van der Waals surface area contributed by atoms with E-state index in [-0.39, 0.29) is 0 Å². The molecule has 3 aliphatic heterocycles. The van der Waals surface area contributed by atoms with Gasteiger partial charge in [0, 0.05) is 28.5 Å². The molecule has 2 aromatic rings. The van der Waals surface area contributed by atoms with Gasteiger partial charge in [-0.2, -0.15) is 0 Å². The van der Waals surface area contributed by atoms with Crippen LogP contribution in [0.2, 0.25) is 0 Å². The highest BCUT2D eigenvalue weighted by Crippen LogP contribution is 2.48. The first kappa shape index (κ1) is 12.4. The van der Waals surface area contributed by atoms with Gasteiger partial charge in [0.25, 0.3) is 0 Å². The minimum atomic E-state index is 0.296. The summed E-state index contributed by atoms with van der Waals surface area (Å²) in [5.74, 6) is 0.829. The molecule has 3 aliphatic rings. The second-order valence-electron chi connectivity index (χ2n) is 6.59. The molecule has 0 aliphatic carbocycles. The number of benzene rings is 1. The zero-order valence-corrected chi connectivity index (χ0v) is 13.4. The van der Waals surface area contributed by atoms with Crippen LogP contribution in [0.4, 0.5) is 0 Å². The van der Waals surface area contributed by atoms with Crippen LogP contribution in [0, 0.1) is 5.92 Å². The first-order valence-corrected chi connectivity index (χ1v) is 8.63. The van der Waals surface area contributed by atoms with E-state index in [1.807, 2.05) is 4.57 Å². The Balaban J connectivity index is 1.87. The number of piperidine rings is 1. The van der Waals surface area contributed by atoms with Crippen molar-refractivity contribution < 1.29 is 4.79 Å². The first-order valence-electron chi connectivity index (χ1n) is 7.84. The molecule has 108 valence electrons. The fourth-order valence-electron chi connectivity index (χ4n) is 4.77. The van der Waals surface area contributed by atoms with E-state index in [4.69, 9.17) is 0 Å². The molecule has 0 unspecified atom stereocenters. The molecule has 2 atom stereocenters. The topological polar surface area (TPSA) is 25.2 Å². The Morgan fingerprint density at radius 2 is 2.14 bits per heavy atom. The van der Waals surface area contributed by atoms with Gasteiger partial charge in [0.2, 0.25) is 5.91 Å². The summed E-state index contributed by atoms with van der Waals surface area (Å²) in [6.07, 6.45) is 4.24. The van der Waals surface area contributed by atoms with Gasteiger partial charge in [0.05, 0.1) is 11.6 Å². The van der Waals surface area contributed by atoms with Crippen molar-refractivity contribution in [2.45, 2.75) is 31.7 Å². The summed E-state index contributed by atoms with van der Waals surface area (Å²) in [7, 11) is 0. The van der Waals surface area contributed by atoms with Gasteiger partial charge in [-0.1, -0.05) is 22.0 Å². The fourth-order valence-corrected chi connectivity index (χ4v) is 5.12. The van der Waals surface area contributed by atoms with Crippen LogP contribution < -0.4 is 0 Å². The minimum absolute atomic E-state index is 0.296. The van der Waals surface area contributed by atoms with Gasteiger partial charge in [0.15, 0.2) is 0 Å². The molecule has 1 aromatic heterocycles. The molecular weight excluding hydrogens is 328 g/mol. The predicted octanol–water partition coefficient (Wildman–Crippen LogP) is 3.76. The molecule has 0 amide bonds. The van der Waals surface area contributed by atoms with Crippen LogP contribution >= 0.6 is 15.9 Å². The molecule has 0 bridgehead atoms. The summed E-state index contributed by atoms with van der Waals surface area (Å²) < 4.78 is 3.09. The molecule has 4 heteroatoms. The largest absolute Gasteiger partial charge is 0.294 e. The third kappa shape index (κ3) is 1.55. The van der Waals surface area contributed by atoms with E-state index in [0.717, 1.165) is 23.0 Å². The first-order chi connectivity index (χ1) is 10.2. The van der Waals surface area contributed by atoms with Crippen LogP contribution in [0.3, 0.4) is 0 Å². The Morgan fingerprint density at radius 3 is 3.05 bits per heavy atom. The number of hydrogen-bond acceptors (Lipinski definition) is 2. The molecule has 3 nitrogen and oxygen atoms in total. The van der Waals surface area contributed by atoms with Crippen molar-refractivity contribution in [2.24, 2.45) is 5.92 Å². The van der Waals surface area contributed by atoms with E-state index >= 15 is 0 Å². The summed E-state index contributed by atoms with van der Waals surface area (Å²) in [6.45, 7) is 2.34. The number of nitrogens with zero attached hydrogens (tertiary/aromatic N) is 2. The number of carbonyl (C=O) groups excluding carboxylic acids is 1. The van der Waals surface area contributed by atoms with E-state index < -0.39 is 0 Å². The lowest BCUT2D eigenvalue weighted by molar-refractivity contribution is 0.0478. The van der Waals surface area contributed by atoms with Gasteiger partial charge in [-0.25, -0.2) is 0 Å². The predicted molar refractivity (Wildman–Crippen MR) is 85.6 cm³/mol. The maximum absolute atomic E-state index is 12.7. The van der Waals surface area contributed by atoms with Crippen LogP contribution in [0.25, 0.3) is 10.9 Å². The van der Waals surface area contributed by atoms with Crippen molar-refractivity contribution in [3.05, 3.63) is 33.9 Å². The van der Waals surface area contributed by atoms with Crippen molar-refractivity contribution >= 4 is 32.7 Å². The number of halogens is 1. The van der Waals surface area contributed by atoms with Crippen molar-refractivity contribution in [2.75, 3.05) is 13.1 Å². The van der Waals surface area contributed by atoms with Crippen molar-refractivity contribution in [3.8, 4) is 0 Å². The average molecular weight is 345 g/mol. The number of hydrogen-bond donors (Lipinski definition) is 0. The van der Waals surface area contributed by atoms with Gasteiger partial charge in [-0.05, 0) is 49.4 Å². The van der Waals surface area contributed by atoms with Crippen molar-refractivity contribution in [3.63, 3.8) is 0 Å². The molecule has 0 N–H and O–H groups in total. The summed E-state index contributed by atoms with van der Waals surface area (Å²) in [5.41, 5.74) is 3.85. The van der Waals surface area contributed by atoms with E-state index in [1.54, 1.807) is 0 Å². The second kappa shape index (κ2) is 4.20. The molecule has 0 spiro atoms. The van der Waals surface area contributed by atoms with Gasteiger partial charge < -0.3 is 0 Å². The summed E-state index contributed by atoms with van der Waals surface area (Å²) >= 11 is 3.56. The second-order valence-corrected chi connectivity index (χ2v) is 7.51. The molecule has 1 fully saturated rings. The Kier molecular flexibility index (Phi) is 2.48. The molecule has 1 aromatic carbocycles. The Labute approximate surface area is 132 Å². The molecule has 5 rings (SSSR count). The number of fused-ring (bicyclic) bond motifs is 3. The maximum atomic E-state index is 12.7. The Bertz CT molecular complexity index is 779. The maximum Gasteiger partial charge on any atom is 0.231 e. The van der Waals surface area contributed by atoms with Gasteiger partial charge in [-0.3, -0.25) is 14.3 Å². The van der Waals surface area contributed by atoms with Crippen LogP contribution in [-0.4, -0.2) is 28.5 Å². The van der Waals surface area contributed by atoms with Crippen LogP contribution in [0.5, 0.6) is 0 Å². The van der Waals surface area contributed by atoms with Crippen LogP contribution in [-0.2, 0) is 6.42 Å². The third-order valence-corrected chi connectivity index (χ3v) is 6.04. The smallest absolute Gasteiger partial charge is 0.231 e. The normalized spacial score (nSPS) is 28.0. The van der Waals surface area contributed by atoms with E-state index in [2.05, 4.69) is 39.0 Å². The third-order valence-electron chi connectivity index (χ3n) is 5.55. The van der Waals surface area contributed by atoms with E-state index in [9.17, 15) is 4.79 Å². The molecule has 21 heavy (non-hydrogen) atoms. The molecule has 1 saturated heterocycles. The Hall–Kier alpha value is -1.13. The zero-order valence-electron chi connectivity index (χ0n) is 11.8. The SMILES string of the molecule is O=C1C[C@@H]2CCCN3CCc4c(n1c1cc(Br)ccc41)[C@@H]23. The lowest BCUT2D eigenvalue weighted by Gasteiger charge is -2.46. The number of aromatic nitrogens is 1. The fraction of sp³-hybridized carbons (Fsp3) is 0.471. The molecular formula is C17H17BrN2O. The van der Waals surface area contributed by atoms with Gasteiger partial charge in [0.1, 0.15) is 0 Å². The number of rotatable bonds is 0. The Morgan fingerprint density at radius 1 is 1.24 bits per heavy atom. The van der Waals surface area contributed by atoms with Crippen molar-refractivity contribution in [1.29, 1.82) is 0 Å². The monoisotopic (exact) mass is 344 g/mol. The highest BCUT2D eigenvalue weighted by molar-refractivity contribution is 9.10. The number of carbonyl (C=O) groups is 1. The minimum Gasteiger partial charge on any atom is -0.294 e. The summed E-state index contributed by atoms with van der Waals surface area (Å²) in [4.78, 5) is 15.4. The molecule has 0 saturated carbocycles. The quantitative estimate of drug-likeness (QED) is 0.727. The van der Waals surface area contributed by atoms with Crippen LogP contribution in [0.15, 0.2) is 22.7 Å². The van der Waals surface area contributed by atoms with Crippen LogP contribution in [0.1, 0.15) is 41.4 Å².